The number of rotatable bonds is 14. The van der Waals surface area contributed by atoms with E-state index in [9.17, 15) is 29.1 Å². The van der Waals surface area contributed by atoms with Crippen molar-refractivity contribution in [2.45, 2.75) is 57.3 Å². The molecule has 12 nitrogen and oxygen atoms in total. The number of hydrogen-bond acceptors (Lipinski definition) is 7. The van der Waals surface area contributed by atoms with Gasteiger partial charge in [-0.05, 0) is 17.5 Å². The number of amides is 4. The molecule has 5 atom stereocenters. The Morgan fingerprint density at radius 3 is 2.24 bits per heavy atom. The number of carbonyl (C=O) groups excluding carboxylic acids is 4. The maximum Gasteiger partial charge on any atom is 0.326 e. The van der Waals surface area contributed by atoms with Crippen molar-refractivity contribution in [3.05, 3.63) is 36.0 Å². The quantitative estimate of drug-likeness (QED) is 0.148. The fraction of sp³-hybridized carbons (Fsp3) is 0.458. The Hall–Kier alpha value is -3.58. The highest BCUT2D eigenvalue weighted by atomic mass is 32.1. The molecular formula is C24H34N6O6S. The summed E-state index contributed by atoms with van der Waals surface area (Å²) in [4.78, 5) is 64.6. The number of primary amides is 1. The van der Waals surface area contributed by atoms with Gasteiger partial charge in [0, 0.05) is 29.3 Å². The Bertz CT molecular complexity index is 1140. The van der Waals surface area contributed by atoms with E-state index in [1.165, 1.54) is 0 Å². The molecule has 0 fully saturated rings. The van der Waals surface area contributed by atoms with E-state index >= 15 is 0 Å². The lowest BCUT2D eigenvalue weighted by Crippen LogP contribution is -2.58. The number of aliphatic carboxylic acids is 1. The van der Waals surface area contributed by atoms with Gasteiger partial charge in [-0.2, -0.15) is 12.6 Å². The second kappa shape index (κ2) is 13.7. The summed E-state index contributed by atoms with van der Waals surface area (Å²) in [5.74, 6) is -4.65. The predicted molar refractivity (Wildman–Crippen MR) is 141 cm³/mol. The number of para-hydroxylation sites is 1. The zero-order chi connectivity index (χ0) is 27.7. The van der Waals surface area contributed by atoms with Gasteiger partial charge in [-0.1, -0.05) is 38.5 Å². The molecule has 0 spiro atoms. The highest BCUT2D eigenvalue weighted by Gasteiger charge is 2.32. The van der Waals surface area contributed by atoms with E-state index in [2.05, 4.69) is 33.6 Å². The lowest BCUT2D eigenvalue weighted by molar-refractivity contribution is -0.143. The number of thiol groups is 1. The molecule has 0 aliphatic carbocycles. The summed E-state index contributed by atoms with van der Waals surface area (Å²) in [6.07, 6.45) is 1.84. The van der Waals surface area contributed by atoms with Crippen molar-refractivity contribution in [3.63, 3.8) is 0 Å². The van der Waals surface area contributed by atoms with Crippen LogP contribution in [0.15, 0.2) is 30.5 Å². The van der Waals surface area contributed by atoms with Crippen LogP contribution in [0.4, 0.5) is 0 Å². The smallest absolute Gasteiger partial charge is 0.326 e. The van der Waals surface area contributed by atoms with Gasteiger partial charge in [0.25, 0.3) is 0 Å². The fourth-order valence-corrected chi connectivity index (χ4v) is 3.98. The predicted octanol–water partition coefficient (Wildman–Crippen LogP) is -0.572. The van der Waals surface area contributed by atoms with Crippen LogP contribution >= 0.6 is 12.6 Å². The number of carboxylic acids is 1. The van der Waals surface area contributed by atoms with Crippen molar-refractivity contribution in [3.8, 4) is 0 Å². The number of aromatic nitrogens is 1. The van der Waals surface area contributed by atoms with Gasteiger partial charge in [0.05, 0.1) is 12.5 Å². The first-order chi connectivity index (χ1) is 17.5. The molecule has 2 aromatic rings. The van der Waals surface area contributed by atoms with Crippen LogP contribution in [0.3, 0.4) is 0 Å². The summed E-state index contributed by atoms with van der Waals surface area (Å²) in [5, 5.41) is 17.8. The van der Waals surface area contributed by atoms with E-state index in [0.717, 1.165) is 10.9 Å². The first kappa shape index (κ1) is 29.6. The lowest BCUT2D eigenvalue weighted by Gasteiger charge is -2.26. The van der Waals surface area contributed by atoms with Crippen LogP contribution in [-0.4, -0.2) is 69.6 Å². The monoisotopic (exact) mass is 534 g/mol. The third-order valence-corrected chi connectivity index (χ3v) is 6.45. The average Bonchev–Trinajstić information content (AvgIpc) is 3.26. The molecule has 9 N–H and O–H groups in total. The van der Waals surface area contributed by atoms with Crippen LogP contribution in [0, 0.1) is 5.92 Å². The molecule has 0 aliphatic heterocycles. The first-order valence-electron chi connectivity index (χ1n) is 11.8. The van der Waals surface area contributed by atoms with Gasteiger partial charge in [0.1, 0.15) is 18.1 Å². The van der Waals surface area contributed by atoms with Gasteiger partial charge in [-0.25, -0.2) is 4.79 Å². The number of nitrogens with two attached hydrogens (primary N) is 2. The molecule has 0 saturated heterocycles. The Balaban J connectivity index is 2.25. The maximum atomic E-state index is 13.3. The molecule has 13 heteroatoms. The number of nitrogens with one attached hydrogen (secondary N) is 4. The number of hydrogen-bond donors (Lipinski definition) is 8. The summed E-state index contributed by atoms with van der Waals surface area (Å²) in [5.41, 5.74) is 12.4. The Labute approximate surface area is 219 Å². The van der Waals surface area contributed by atoms with Gasteiger partial charge >= 0.3 is 5.97 Å². The minimum Gasteiger partial charge on any atom is -0.480 e. The van der Waals surface area contributed by atoms with Crippen molar-refractivity contribution in [2.75, 3.05) is 5.75 Å². The van der Waals surface area contributed by atoms with E-state index in [-0.39, 0.29) is 18.1 Å². The third kappa shape index (κ3) is 8.22. The molecule has 2 rings (SSSR count). The number of benzene rings is 1. The molecule has 4 amide bonds. The second-order valence-electron chi connectivity index (χ2n) is 8.86. The summed E-state index contributed by atoms with van der Waals surface area (Å²) in [7, 11) is 0. The number of aromatic amines is 1. The molecule has 202 valence electrons. The van der Waals surface area contributed by atoms with E-state index in [4.69, 9.17) is 11.5 Å². The summed E-state index contributed by atoms with van der Waals surface area (Å²) in [6.45, 7) is 3.49. The largest absolute Gasteiger partial charge is 0.480 e. The van der Waals surface area contributed by atoms with Gasteiger partial charge in [0.15, 0.2) is 0 Å². The van der Waals surface area contributed by atoms with Crippen molar-refractivity contribution in [1.82, 2.24) is 20.9 Å². The number of carbonyl (C=O) groups is 5. The summed E-state index contributed by atoms with van der Waals surface area (Å²) < 4.78 is 0. The fourth-order valence-electron chi connectivity index (χ4n) is 3.72. The number of fused-ring (bicyclic) bond motifs is 1. The van der Waals surface area contributed by atoms with E-state index in [1.807, 2.05) is 24.3 Å². The minimum absolute atomic E-state index is 0.0381. The molecule has 1 heterocycles. The zero-order valence-electron chi connectivity index (χ0n) is 20.7. The number of carboxylic acid groups (broad SMARTS) is 1. The van der Waals surface area contributed by atoms with Crippen LogP contribution < -0.4 is 27.4 Å². The normalized spacial score (nSPS) is 15.1. The topological polar surface area (TPSA) is 210 Å². The Morgan fingerprint density at radius 1 is 1.03 bits per heavy atom. The highest BCUT2D eigenvalue weighted by Crippen LogP contribution is 2.19. The zero-order valence-corrected chi connectivity index (χ0v) is 21.6. The molecule has 37 heavy (non-hydrogen) atoms. The molecule has 1 aromatic heterocycles. The Morgan fingerprint density at radius 2 is 1.65 bits per heavy atom. The molecule has 0 bridgehead atoms. The van der Waals surface area contributed by atoms with Crippen LogP contribution in [0.1, 0.15) is 32.3 Å². The SMILES string of the molecule is CCC(C)C(NC(=O)C(CS)NC(=O)C(Cc1c[nH]c2ccccc12)NC(=O)C(N)CC(N)=O)C(=O)O. The van der Waals surface area contributed by atoms with Crippen molar-refractivity contribution in [2.24, 2.45) is 17.4 Å². The van der Waals surface area contributed by atoms with E-state index in [0.29, 0.717) is 12.0 Å². The molecular weight excluding hydrogens is 500 g/mol. The van der Waals surface area contributed by atoms with Gasteiger partial charge in [-0.3, -0.25) is 19.2 Å². The van der Waals surface area contributed by atoms with E-state index in [1.54, 1.807) is 20.0 Å². The first-order valence-corrected chi connectivity index (χ1v) is 12.4. The van der Waals surface area contributed by atoms with Crippen molar-refractivity contribution >= 4 is 53.1 Å². The van der Waals surface area contributed by atoms with Gasteiger partial charge < -0.3 is 37.5 Å². The molecule has 5 unspecified atom stereocenters. The van der Waals surface area contributed by atoms with Crippen LogP contribution in [0.25, 0.3) is 10.9 Å². The number of H-pyrrole nitrogens is 1. The van der Waals surface area contributed by atoms with Crippen molar-refractivity contribution < 1.29 is 29.1 Å². The Kier molecular flexibility index (Phi) is 10.9. The van der Waals surface area contributed by atoms with Gasteiger partial charge in [-0.15, -0.1) is 0 Å². The molecule has 0 aliphatic rings. The van der Waals surface area contributed by atoms with E-state index < -0.39 is 60.2 Å². The molecule has 0 saturated carbocycles. The van der Waals surface area contributed by atoms with Crippen LogP contribution in [0.2, 0.25) is 0 Å². The molecule has 1 aromatic carbocycles. The van der Waals surface area contributed by atoms with Crippen LogP contribution in [0.5, 0.6) is 0 Å². The van der Waals surface area contributed by atoms with Gasteiger partial charge in [0.2, 0.25) is 23.6 Å². The average molecular weight is 535 g/mol. The van der Waals surface area contributed by atoms with Crippen molar-refractivity contribution in [1.29, 1.82) is 0 Å². The molecule has 0 radical (unpaired) electrons. The minimum atomic E-state index is -1.27. The van der Waals surface area contributed by atoms with Crippen LogP contribution in [-0.2, 0) is 30.4 Å². The standard InChI is InChI=1S/C24H34N6O6S/c1-3-12(2)20(24(35)36)30-23(34)18(11-37)29-22(33)17(28-21(32)15(25)9-19(26)31)8-13-10-27-16-7-5-4-6-14(13)16/h4-7,10,12,15,17-18,20,27,37H,3,8-9,11,25H2,1-2H3,(H2,26,31)(H,28,32)(H,29,33)(H,30,34)(H,35,36). The highest BCUT2D eigenvalue weighted by molar-refractivity contribution is 7.80. The second-order valence-corrected chi connectivity index (χ2v) is 9.22. The summed E-state index contributed by atoms with van der Waals surface area (Å²) in [6, 6.07) is 2.60. The lowest BCUT2D eigenvalue weighted by atomic mass is 9.99. The summed E-state index contributed by atoms with van der Waals surface area (Å²) >= 11 is 4.14. The maximum absolute atomic E-state index is 13.3. The third-order valence-electron chi connectivity index (χ3n) is 6.08.